The number of hydrogen-bond acceptors (Lipinski definition) is 2. The fourth-order valence-corrected chi connectivity index (χ4v) is 4.25. The standard InChI is InChI=1S/C17H16BrFN2OS/c1-10-2-4-15(13(18)8-10)21-17(22)20-14-6-7-23-16-5-3-11(19)9-12(14)16/h2-5,8-9,14H,6-7H2,1H3,(H2,20,21,22). The van der Waals surface area contributed by atoms with E-state index in [1.807, 2.05) is 25.1 Å². The number of urea groups is 1. The van der Waals surface area contributed by atoms with Gasteiger partial charge >= 0.3 is 6.03 Å². The summed E-state index contributed by atoms with van der Waals surface area (Å²) in [6, 6.07) is 10.0. The lowest BCUT2D eigenvalue weighted by Crippen LogP contribution is -2.34. The van der Waals surface area contributed by atoms with Gasteiger partial charge in [-0.1, -0.05) is 6.07 Å². The fraction of sp³-hybridized carbons (Fsp3) is 0.235. The van der Waals surface area contributed by atoms with Gasteiger partial charge in [-0.3, -0.25) is 0 Å². The van der Waals surface area contributed by atoms with E-state index < -0.39 is 0 Å². The Balaban J connectivity index is 1.73. The first kappa shape index (κ1) is 16.3. The normalized spacial score (nSPS) is 16.6. The highest BCUT2D eigenvalue weighted by atomic mass is 79.9. The highest BCUT2D eigenvalue weighted by Crippen LogP contribution is 2.36. The van der Waals surface area contributed by atoms with Crippen molar-refractivity contribution in [1.82, 2.24) is 5.32 Å². The molecule has 23 heavy (non-hydrogen) atoms. The van der Waals surface area contributed by atoms with E-state index in [1.54, 1.807) is 17.8 Å². The molecular weight excluding hydrogens is 379 g/mol. The van der Waals surface area contributed by atoms with Crippen LogP contribution in [0.2, 0.25) is 0 Å². The fourth-order valence-electron chi connectivity index (χ4n) is 2.55. The zero-order valence-electron chi connectivity index (χ0n) is 12.5. The Hall–Kier alpha value is -1.53. The summed E-state index contributed by atoms with van der Waals surface area (Å²) in [5.74, 6) is 0.623. The van der Waals surface area contributed by atoms with E-state index in [0.717, 1.165) is 32.7 Å². The number of thioether (sulfide) groups is 1. The third-order valence-electron chi connectivity index (χ3n) is 3.69. The SMILES string of the molecule is Cc1ccc(NC(=O)NC2CCSc3ccc(F)cc32)c(Br)c1. The van der Waals surface area contributed by atoms with Crippen LogP contribution >= 0.6 is 27.7 Å². The Bertz CT molecular complexity index is 753. The number of carbonyl (C=O) groups excluding carboxylic acids is 1. The van der Waals surface area contributed by atoms with Crippen LogP contribution in [-0.2, 0) is 0 Å². The average Bonchev–Trinajstić information content (AvgIpc) is 2.51. The lowest BCUT2D eigenvalue weighted by Gasteiger charge is -2.26. The van der Waals surface area contributed by atoms with Crippen molar-refractivity contribution in [1.29, 1.82) is 0 Å². The van der Waals surface area contributed by atoms with Crippen molar-refractivity contribution in [3.8, 4) is 0 Å². The van der Waals surface area contributed by atoms with Crippen LogP contribution in [0.3, 0.4) is 0 Å². The van der Waals surface area contributed by atoms with Gasteiger partial charge in [0, 0.05) is 15.1 Å². The second-order valence-electron chi connectivity index (χ2n) is 5.45. The minimum Gasteiger partial charge on any atom is -0.331 e. The number of benzene rings is 2. The molecule has 2 aromatic carbocycles. The largest absolute Gasteiger partial charge is 0.331 e. The maximum absolute atomic E-state index is 13.5. The summed E-state index contributed by atoms with van der Waals surface area (Å²) in [5.41, 5.74) is 2.66. The van der Waals surface area contributed by atoms with Gasteiger partial charge in [-0.05, 0) is 70.7 Å². The molecule has 3 nitrogen and oxygen atoms in total. The number of amides is 2. The van der Waals surface area contributed by atoms with Crippen molar-refractivity contribution in [2.45, 2.75) is 24.3 Å². The lowest BCUT2D eigenvalue weighted by molar-refractivity contribution is 0.248. The minimum atomic E-state index is -0.290. The van der Waals surface area contributed by atoms with Crippen LogP contribution in [0.15, 0.2) is 45.8 Å². The maximum Gasteiger partial charge on any atom is 0.319 e. The summed E-state index contributed by atoms with van der Waals surface area (Å²) in [5, 5.41) is 5.77. The first-order valence-electron chi connectivity index (χ1n) is 7.29. The Kier molecular flexibility index (Phi) is 4.92. The molecule has 1 aliphatic rings. The quantitative estimate of drug-likeness (QED) is 0.729. The maximum atomic E-state index is 13.5. The summed E-state index contributed by atoms with van der Waals surface area (Å²) in [4.78, 5) is 13.3. The number of halogens is 2. The Labute approximate surface area is 147 Å². The van der Waals surface area contributed by atoms with E-state index in [1.165, 1.54) is 12.1 Å². The van der Waals surface area contributed by atoms with Gasteiger partial charge in [0.15, 0.2) is 0 Å². The van der Waals surface area contributed by atoms with E-state index in [9.17, 15) is 9.18 Å². The molecule has 3 rings (SSSR count). The van der Waals surface area contributed by atoms with Gasteiger partial charge in [-0.2, -0.15) is 0 Å². The molecule has 2 amide bonds. The Morgan fingerprint density at radius 1 is 1.30 bits per heavy atom. The van der Waals surface area contributed by atoms with E-state index in [-0.39, 0.29) is 17.9 Å². The Morgan fingerprint density at radius 2 is 2.13 bits per heavy atom. The third-order valence-corrected chi connectivity index (χ3v) is 5.47. The molecule has 0 radical (unpaired) electrons. The van der Waals surface area contributed by atoms with Crippen molar-refractivity contribution >= 4 is 39.4 Å². The number of hydrogen-bond donors (Lipinski definition) is 2. The van der Waals surface area contributed by atoms with Gasteiger partial charge in [-0.25, -0.2) is 9.18 Å². The molecule has 120 valence electrons. The number of fused-ring (bicyclic) bond motifs is 1. The molecule has 6 heteroatoms. The zero-order chi connectivity index (χ0) is 16.4. The number of nitrogens with one attached hydrogen (secondary N) is 2. The number of anilines is 1. The van der Waals surface area contributed by atoms with Gasteiger partial charge in [0.1, 0.15) is 5.82 Å². The molecule has 1 aliphatic heterocycles. The first-order chi connectivity index (χ1) is 11.0. The predicted molar refractivity (Wildman–Crippen MR) is 95.5 cm³/mol. The predicted octanol–water partition coefficient (Wildman–Crippen LogP) is 5.26. The first-order valence-corrected chi connectivity index (χ1v) is 9.07. The Morgan fingerprint density at radius 3 is 2.91 bits per heavy atom. The zero-order valence-corrected chi connectivity index (χ0v) is 14.9. The molecule has 0 aromatic heterocycles. The average molecular weight is 395 g/mol. The van der Waals surface area contributed by atoms with Crippen molar-refractivity contribution in [3.05, 3.63) is 57.8 Å². The molecule has 0 spiro atoms. The molecule has 2 N–H and O–H groups in total. The van der Waals surface area contributed by atoms with Gasteiger partial charge in [0.05, 0.1) is 11.7 Å². The van der Waals surface area contributed by atoms with Crippen LogP contribution in [0.1, 0.15) is 23.6 Å². The highest BCUT2D eigenvalue weighted by molar-refractivity contribution is 9.10. The molecule has 0 aliphatic carbocycles. The van der Waals surface area contributed by atoms with Gasteiger partial charge < -0.3 is 10.6 Å². The summed E-state index contributed by atoms with van der Waals surface area (Å²) < 4.78 is 14.3. The smallest absolute Gasteiger partial charge is 0.319 e. The summed E-state index contributed by atoms with van der Waals surface area (Å²) in [6.07, 6.45) is 0.781. The molecule has 1 unspecified atom stereocenters. The second kappa shape index (κ2) is 6.93. The summed E-state index contributed by atoms with van der Waals surface area (Å²) in [7, 11) is 0. The van der Waals surface area contributed by atoms with Crippen molar-refractivity contribution in [3.63, 3.8) is 0 Å². The summed E-state index contributed by atoms with van der Waals surface area (Å²) >= 11 is 5.13. The van der Waals surface area contributed by atoms with E-state index in [0.29, 0.717) is 5.69 Å². The molecule has 0 bridgehead atoms. The van der Waals surface area contributed by atoms with E-state index in [4.69, 9.17) is 0 Å². The number of rotatable bonds is 2. The molecule has 1 heterocycles. The molecule has 1 atom stereocenters. The van der Waals surface area contributed by atoms with E-state index in [2.05, 4.69) is 26.6 Å². The molecular formula is C17H16BrFN2OS. The number of aryl methyl sites for hydroxylation is 1. The van der Waals surface area contributed by atoms with Crippen LogP contribution in [0.5, 0.6) is 0 Å². The molecule has 0 saturated carbocycles. The topological polar surface area (TPSA) is 41.1 Å². The molecule has 0 fully saturated rings. The second-order valence-corrected chi connectivity index (χ2v) is 7.44. The summed E-state index contributed by atoms with van der Waals surface area (Å²) in [6.45, 7) is 1.99. The highest BCUT2D eigenvalue weighted by Gasteiger charge is 2.23. The van der Waals surface area contributed by atoms with E-state index >= 15 is 0 Å². The van der Waals surface area contributed by atoms with Crippen molar-refractivity contribution < 1.29 is 9.18 Å². The van der Waals surface area contributed by atoms with Crippen LogP contribution in [0, 0.1) is 12.7 Å². The van der Waals surface area contributed by atoms with Crippen LogP contribution in [0.25, 0.3) is 0 Å². The van der Waals surface area contributed by atoms with Crippen LogP contribution < -0.4 is 10.6 Å². The molecule has 2 aromatic rings. The third kappa shape index (κ3) is 3.87. The van der Waals surface area contributed by atoms with Crippen molar-refractivity contribution in [2.75, 3.05) is 11.1 Å². The van der Waals surface area contributed by atoms with Gasteiger partial charge in [0.2, 0.25) is 0 Å². The van der Waals surface area contributed by atoms with Gasteiger partial charge in [0.25, 0.3) is 0 Å². The number of carbonyl (C=O) groups is 1. The van der Waals surface area contributed by atoms with Crippen molar-refractivity contribution in [2.24, 2.45) is 0 Å². The minimum absolute atomic E-state index is 0.175. The van der Waals surface area contributed by atoms with Gasteiger partial charge in [-0.15, -0.1) is 11.8 Å². The van der Waals surface area contributed by atoms with Crippen LogP contribution in [0.4, 0.5) is 14.9 Å². The molecule has 0 saturated heterocycles. The lowest BCUT2D eigenvalue weighted by atomic mass is 10.0. The monoisotopic (exact) mass is 394 g/mol. The van der Waals surface area contributed by atoms with Crippen LogP contribution in [-0.4, -0.2) is 11.8 Å².